The molecule has 0 bridgehead atoms. The second kappa shape index (κ2) is 8.78. The van der Waals surface area contributed by atoms with E-state index in [0.717, 1.165) is 63.0 Å². The molecule has 2 N–H and O–H groups in total. The maximum atomic E-state index is 13.6. The quantitative estimate of drug-likeness (QED) is 0.775. The van der Waals surface area contributed by atoms with Gasteiger partial charge in [-0.3, -0.25) is 4.79 Å². The Labute approximate surface area is 169 Å². The van der Waals surface area contributed by atoms with Gasteiger partial charge >= 0.3 is 0 Å². The predicted octanol–water partition coefficient (Wildman–Crippen LogP) is 4.36. The van der Waals surface area contributed by atoms with Crippen LogP contribution in [-0.2, 0) is 4.79 Å². The number of benzene rings is 1. The summed E-state index contributed by atoms with van der Waals surface area (Å²) in [6, 6.07) is 2.28. The molecule has 1 aliphatic heterocycles. The largest absolute Gasteiger partial charge is 0.370 e. The minimum atomic E-state index is -0.904. The molecule has 1 saturated carbocycles. The normalized spacial score (nSPS) is 24.2. The van der Waals surface area contributed by atoms with Crippen LogP contribution < -0.4 is 5.73 Å². The number of hydrogen-bond acceptors (Lipinski definition) is 4. The number of primary amides is 1. The standard InChI is InChI=1S/C22H29F2N3O2/c23-18-12-17-20(13-19(18)24)29-26-22(17)16-6-9-27(10-7-16)8-5-14-1-3-15(4-2-14)11-21(25)28/h12-16H,1-11H2,(H2,25,28). The van der Waals surface area contributed by atoms with Crippen LogP contribution in [0.5, 0.6) is 0 Å². The number of nitrogens with two attached hydrogens (primary N) is 1. The molecule has 1 aromatic carbocycles. The van der Waals surface area contributed by atoms with Crippen molar-refractivity contribution in [2.75, 3.05) is 19.6 Å². The predicted molar refractivity (Wildman–Crippen MR) is 106 cm³/mol. The molecule has 5 nitrogen and oxygen atoms in total. The van der Waals surface area contributed by atoms with Crippen molar-refractivity contribution >= 4 is 16.9 Å². The van der Waals surface area contributed by atoms with Crippen LogP contribution in [0.4, 0.5) is 8.78 Å². The minimum Gasteiger partial charge on any atom is -0.370 e. The fraction of sp³-hybridized carbons (Fsp3) is 0.636. The van der Waals surface area contributed by atoms with E-state index in [9.17, 15) is 13.6 Å². The molecular weight excluding hydrogens is 376 g/mol. The molecule has 2 heterocycles. The number of likely N-dealkylation sites (tertiary alicyclic amines) is 1. The van der Waals surface area contributed by atoms with Crippen LogP contribution in [0.3, 0.4) is 0 Å². The monoisotopic (exact) mass is 405 g/mol. The third kappa shape index (κ3) is 4.77. The molecule has 0 radical (unpaired) electrons. The molecule has 1 aromatic heterocycles. The summed E-state index contributed by atoms with van der Waals surface area (Å²) in [5, 5.41) is 4.71. The number of aromatic nitrogens is 1. The lowest BCUT2D eigenvalue weighted by Gasteiger charge is -2.33. The van der Waals surface area contributed by atoms with Gasteiger partial charge in [0.1, 0.15) is 0 Å². The molecule has 1 amide bonds. The Hall–Kier alpha value is -2.02. The SMILES string of the molecule is NC(=O)CC1CCC(CCN2CCC(c3noc4cc(F)c(F)cc34)CC2)CC1. The summed E-state index contributed by atoms with van der Waals surface area (Å²) in [4.78, 5) is 13.6. The van der Waals surface area contributed by atoms with E-state index in [-0.39, 0.29) is 11.8 Å². The maximum absolute atomic E-state index is 13.6. The van der Waals surface area contributed by atoms with E-state index in [2.05, 4.69) is 10.1 Å². The van der Waals surface area contributed by atoms with Gasteiger partial charge in [-0.1, -0.05) is 18.0 Å². The Morgan fingerprint density at radius 2 is 1.72 bits per heavy atom. The van der Waals surface area contributed by atoms with Crippen LogP contribution in [0.25, 0.3) is 11.0 Å². The summed E-state index contributed by atoms with van der Waals surface area (Å²) >= 11 is 0. The van der Waals surface area contributed by atoms with Gasteiger partial charge in [-0.05, 0) is 69.6 Å². The van der Waals surface area contributed by atoms with Crippen molar-refractivity contribution in [3.8, 4) is 0 Å². The van der Waals surface area contributed by atoms with E-state index >= 15 is 0 Å². The summed E-state index contributed by atoms with van der Waals surface area (Å²) in [6.07, 6.45) is 8.26. The second-order valence-electron chi connectivity index (χ2n) is 8.79. The summed E-state index contributed by atoms with van der Waals surface area (Å²) in [5.74, 6) is -0.487. The molecule has 2 fully saturated rings. The van der Waals surface area contributed by atoms with Crippen molar-refractivity contribution in [3.63, 3.8) is 0 Å². The molecule has 1 saturated heterocycles. The highest BCUT2D eigenvalue weighted by Crippen LogP contribution is 2.35. The van der Waals surface area contributed by atoms with Crippen LogP contribution in [0, 0.1) is 23.5 Å². The van der Waals surface area contributed by atoms with Crippen LogP contribution in [0.15, 0.2) is 16.7 Å². The van der Waals surface area contributed by atoms with E-state index in [4.69, 9.17) is 10.3 Å². The Bertz CT molecular complexity index is 853. The van der Waals surface area contributed by atoms with Crippen molar-refractivity contribution in [3.05, 3.63) is 29.5 Å². The number of hydrogen-bond donors (Lipinski definition) is 1. The van der Waals surface area contributed by atoms with Crippen LogP contribution >= 0.6 is 0 Å². The summed E-state index contributed by atoms with van der Waals surface area (Å²) < 4.78 is 32.2. The summed E-state index contributed by atoms with van der Waals surface area (Å²) in [5.41, 5.74) is 6.38. The van der Waals surface area contributed by atoms with Gasteiger partial charge in [0.25, 0.3) is 0 Å². The maximum Gasteiger partial charge on any atom is 0.217 e. The van der Waals surface area contributed by atoms with Gasteiger partial charge in [-0.2, -0.15) is 0 Å². The molecule has 1 aliphatic carbocycles. The Morgan fingerprint density at radius 1 is 1.07 bits per heavy atom. The van der Waals surface area contributed by atoms with Gasteiger partial charge in [-0.25, -0.2) is 8.78 Å². The summed E-state index contributed by atoms with van der Waals surface area (Å²) in [6.45, 7) is 3.07. The number of amides is 1. The third-order valence-corrected chi connectivity index (χ3v) is 6.82. The Morgan fingerprint density at radius 3 is 2.41 bits per heavy atom. The van der Waals surface area contributed by atoms with Gasteiger partial charge in [0.05, 0.1) is 5.69 Å². The Balaban J connectivity index is 1.24. The Kier molecular flexibility index (Phi) is 6.13. The fourth-order valence-electron chi connectivity index (χ4n) is 5.05. The number of carbonyl (C=O) groups is 1. The number of nitrogens with zero attached hydrogens (tertiary/aromatic N) is 2. The average molecular weight is 405 g/mol. The minimum absolute atomic E-state index is 0.177. The van der Waals surface area contributed by atoms with E-state index in [1.807, 2.05) is 0 Å². The lowest BCUT2D eigenvalue weighted by Crippen LogP contribution is -2.35. The lowest BCUT2D eigenvalue weighted by atomic mass is 9.79. The first-order valence-corrected chi connectivity index (χ1v) is 10.7. The third-order valence-electron chi connectivity index (χ3n) is 6.82. The highest BCUT2D eigenvalue weighted by Gasteiger charge is 2.27. The van der Waals surface area contributed by atoms with Gasteiger partial charge in [0.2, 0.25) is 5.91 Å². The van der Waals surface area contributed by atoms with Gasteiger partial charge in [0.15, 0.2) is 17.2 Å². The van der Waals surface area contributed by atoms with Crippen molar-refractivity contribution in [2.45, 2.75) is 57.3 Å². The van der Waals surface area contributed by atoms with Crippen LogP contribution in [0.1, 0.15) is 63.0 Å². The van der Waals surface area contributed by atoms with E-state index in [1.165, 1.54) is 25.3 Å². The zero-order valence-corrected chi connectivity index (χ0v) is 16.7. The number of carbonyl (C=O) groups excluding carboxylic acids is 1. The van der Waals surface area contributed by atoms with Gasteiger partial charge in [-0.15, -0.1) is 0 Å². The van der Waals surface area contributed by atoms with E-state index in [0.29, 0.717) is 23.3 Å². The van der Waals surface area contributed by atoms with Crippen LogP contribution in [0.2, 0.25) is 0 Å². The first kappa shape index (κ1) is 20.3. The fourth-order valence-corrected chi connectivity index (χ4v) is 5.05. The molecule has 0 unspecified atom stereocenters. The highest BCUT2D eigenvalue weighted by molar-refractivity contribution is 5.80. The summed E-state index contributed by atoms with van der Waals surface area (Å²) in [7, 11) is 0. The van der Waals surface area contributed by atoms with Crippen molar-refractivity contribution < 1.29 is 18.1 Å². The van der Waals surface area contributed by atoms with E-state index < -0.39 is 11.6 Å². The number of halogens is 2. The van der Waals surface area contributed by atoms with Crippen molar-refractivity contribution in [1.29, 1.82) is 0 Å². The molecule has 7 heteroatoms. The molecular formula is C22H29F2N3O2. The molecule has 29 heavy (non-hydrogen) atoms. The van der Waals surface area contributed by atoms with Gasteiger partial charge < -0.3 is 15.2 Å². The molecule has 2 aliphatic rings. The average Bonchev–Trinajstić information content (AvgIpc) is 3.10. The second-order valence-corrected chi connectivity index (χ2v) is 8.79. The number of piperidine rings is 1. The number of fused-ring (bicyclic) bond motifs is 1. The first-order chi connectivity index (χ1) is 14.0. The van der Waals surface area contributed by atoms with Crippen molar-refractivity contribution in [2.24, 2.45) is 17.6 Å². The molecule has 2 aromatic rings. The number of rotatable bonds is 6. The van der Waals surface area contributed by atoms with Gasteiger partial charge in [0, 0.05) is 23.8 Å². The zero-order chi connectivity index (χ0) is 20.4. The lowest BCUT2D eigenvalue weighted by molar-refractivity contribution is -0.119. The molecule has 0 spiro atoms. The highest BCUT2D eigenvalue weighted by atomic mass is 19.2. The van der Waals surface area contributed by atoms with Crippen LogP contribution in [-0.4, -0.2) is 35.6 Å². The van der Waals surface area contributed by atoms with Crippen molar-refractivity contribution in [1.82, 2.24) is 10.1 Å². The van der Waals surface area contributed by atoms with E-state index in [1.54, 1.807) is 0 Å². The first-order valence-electron chi connectivity index (χ1n) is 10.7. The molecule has 4 rings (SSSR count). The molecule has 158 valence electrons. The molecule has 0 atom stereocenters. The topological polar surface area (TPSA) is 72.4 Å². The smallest absolute Gasteiger partial charge is 0.217 e. The zero-order valence-electron chi connectivity index (χ0n) is 16.7.